The number of rotatable bonds is 3. The molecule has 0 saturated carbocycles. The van der Waals surface area contributed by atoms with Crippen LogP contribution in [0.5, 0.6) is 0 Å². The average Bonchev–Trinajstić information content (AvgIpc) is 3.13. The predicted molar refractivity (Wildman–Crippen MR) is 110 cm³/mol. The fourth-order valence-electron chi connectivity index (χ4n) is 2.74. The minimum atomic E-state index is -0.691. The topological polar surface area (TPSA) is 76.9 Å². The van der Waals surface area contributed by atoms with Crippen molar-refractivity contribution >= 4 is 49.2 Å². The molecule has 1 N–H and O–H groups in total. The van der Waals surface area contributed by atoms with E-state index in [2.05, 4.69) is 31.3 Å². The lowest BCUT2D eigenvalue weighted by Crippen LogP contribution is -2.26. The molecule has 2 heterocycles. The van der Waals surface area contributed by atoms with Crippen LogP contribution in [0.25, 0.3) is 22.2 Å². The number of hydrogen-bond donors (Lipinski definition) is 1. The number of carbonyl (C=O) groups is 1. The maximum Gasteiger partial charge on any atom is 0.281 e. The van der Waals surface area contributed by atoms with Gasteiger partial charge in [-0.15, -0.1) is 11.3 Å². The van der Waals surface area contributed by atoms with Gasteiger partial charge in [-0.2, -0.15) is 5.10 Å². The van der Waals surface area contributed by atoms with Crippen LogP contribution in [0.4, 0.5) is 9.52 Å². The lowest BCUT2D eigenvalue weighted by molar-refractivity contribution is 0.101. The Morgan fingerprint density at radius 3 is 2.71 bits per heavy atom. The van der Waals surface area contributed by atoms with Gasteiger partial charge in [-0.3, -0.25) is 19.6 Å². The Morgan fingerprint density at radius 1 is 1.21 bits per heavy atom. The van der Waals surface area contributed by atoms with Crippen LogP contribution in [-0.2, 0) is 7.05 Å². The first-order chi connectivity index (χ1) is 13.4. The number of thiazole rings is 1. The molecule has 2 aromatic heterocycles. The molecule has 6 nitrogen and oxygen atoms in total. The van der Waals surface area contributed by atoms with Gasteiger partial charge in [0.15, 0.2) is 10.8 Å². The van der Waals surface area contributed by atoms with Crippen LogP contribution in [0.3, 0.4) is 0 Å². The van der Waals surface area contributed by atoms with Crippen LogP contribution in [0, 0.1) is 5.82 Å². The Labute approximate surface area is 170 Å². The normalized spacial score (nSPS) is 11.0. The van der Waals surface area contributed by atoms with E-state index in [0.29, 0.717) is 16.3 Å². The van der Waals surface area contributed by atoms with Gasteiger partial charge in [-0.05, 0) is 30.3 Å². The van der Waals surface area contributed by atoms with Crippen molar-refractivity contribution in [2.75, 3.05) is 5.32 Å². The molecule has 0 aliphatic carbocycles. The SMILES string of the molecule is Cn1nc(C(=O)Nc2nc(-c3ccc(Br)cc3)cs2)c(=O)c2cc(F)ccc21. The Kier molecular flexibility index (Phi) is 4.78. The third-order valence-corrected chi connectivity index (χ3v) is 5.38. The molecule has 0 spiro atoms. The van der Waals surface area contributed by atoms with Crippen LogP contribution >= 0.6 is 27.3 Å². The van der Waals surface area contributed by atoms with Crippen molar-refractivity contribution in [2.45, 2.75) is 0 Å². The highest BCUT2D eigenvalue weighted by molar-refractivity contribution is 9.10. The van der Waals surface area contributed by atoms with Gasteiger partial charge in [-0.1, -0.05) is 28.1 Å². The molecule has 1 amide bonds. The number of aromatic nitrogens is 3. The molecule has 0 aliphatic rings. The Hall–Kier alpha value is -2.91. The smallest absolute Gasteiger partial charge is 0.281 e. The standard InChI is InChI=1S/C19H12BrFN4O2S/c1-25-15-7-6-12(21)8-13(15)17(26)16(24-25)18(27)23-19-22-14(9-28-19)10-2-4-11(20)5-3-10/h2-9H,1H3,(H,22,23,27). The third kappa shape index (κ3) is 3.46. The monoisotopic (exact) mass is 458 g/mol. The molecule has 4 aromatic rings. The number of aryl methyl sites for hydroxylation is 1. The number of carbonyl (C=O) groups excluding carboxylic acids is 1. The zero-order chi connectivity index (χ0) is 19.8. The van der Waals surface area contributed by atoms with E-state index in [1.807, 2.05) is 24.3 Å². The summed E-state index contributed by atoms with van der Waals surface area (Å²) in [5.74, 6) is -1.25. The fraction of sp³-hybridized carbons (Fsp3) is 0.0526. The summed E-state index contributed by atoms with van der Waals surface area (Å²) in [4.78, 5) is 29.6. The molecule has 28 heavy (non-hydrogen) atoms. The summed E-state index contributed by atoms with van der Waals surface area (Å²) < 4.78 is 15.9. The first kappa shape index (κ1) is 18.5. The zero-order valence-corrected chi connectivity index (χ0v) is 16.8. The van der Waals surface area contributed by atoms with Gasteiger partial charge in [0.2, 0.25) is 5.43 Å². The number of benzene rings is 2. The number of nitrogens with zero attached hydrogens (tertiary/aromatic N) is 3. The molecule has 9 heteroatoms. The molecule has 2 aromatic carbocycles. The van der Waals surface area contributed by atoms with Crippen LogP contribution < -0.4 is 10.7 Å². The minimum Gasteiger partial charge on any atom is -0.296 e. The van der Waals surface area contributed by atoms with E-state index in [-0.39, 0.29) is 11.1 Å². The Morgan fingerprint density at radius 2 is 1.96 bits per heavy atom. The second-order valence-corrected chi connectivity index (χ2v) is 7.74. The lowest BCUT2D eigenvalue weighted by Gasteiger charge is -2.07. The van der Waals surface area contributed by atoms with Crippen LogP contribution in [0.1, 0.15) is 10.5 Å². The second kappa shape index (κ2) is 7.25. The van der Waals surface area contributed by atoms with Gasteiger partial charge in [0.1, 0.15) is 5.82 Å². The molecule has 0 saturated heterocycles. The summed E-state index contributed by atoms with van der Waals surface area (Å²) >= 11 is 4.62. The van der Waals surface area contributed by atoms with Crippen LogP contribution in [0.15, 0.2) is 57.1 Å². The molecule has 4 rings (SSSR count). The van der Waals surface area contributed by atoms with Crippen molar-refractivity contribution in [2.24, 2.45) is 7.05 Å². The van der Waals surface area contributed by atoms with Gasteiger partial charge in [0, 0.05) is 22.5 Å². The second-order valence-electron chi connectivity index (χ2n) is 5.96. The number of amides is 1. The summed E-state index contributed by atoms with van der Waals surface area (Å²) in [7, 11) is 1.59. The summed E-state index contributed by atoms with van der Waals surface area (Å²) in [5.41, 5.74) is 1.09. The third-order valence-electron chi connectivity index (χ3n) is 4.10. The van der Waals surface area contributed by atoms with E-state index >= 15 is 0 Å². The molecular weight excluding hydrogens is 447 g/mol. The van der Waals surface area contributed by atoms with E-state index in [1.165, 1.54) is 28.2 Å². The summed E-state index contributed by atoms with van der Waals surface area (Å²) in [6.07, 6.45) is 0. The average molecular weight is 459 g/mol. The molecule has 0 radical (unpaired) electrons. The van der Waals surface area contributed by atoms with E-state index in [1.54, 1.807) is 12.4 Å². The van der Waals surface area contributed by atoms with Crippen LogP contribution in [-0.4, -0.2) is 20.7 Å². The van der Waals surface area contributed by atoms with Gasteiger partial charge in [0.25, 0.3) is 5.91 Å². The van der Waals surface area contributed by atoms with Gasteiger partial charge in [0.05, 0.1) is 16.6 Å². The van der Waals surface area contributed by atoms with Crippen molar-refractivity contribution in [1.82, 2.24) is 14.8 Å². The largest absolute Gasteiger partial charge is 0.296 e. The summed E-state index contributed by atoms with van der Waals surface area (Å²) in [6.45, 7) is 0. The lowest BCUT2D eigenvalue weighted by atomic mass is 10.2. The predicted octanol–water partition coefficient (Wildman–Crippen LogP) is 4.21. The maximum absolute atomic E-state index is 13.5. The van der Waals surface area contributed by atoms with E-state index in [9.17, 15) is 14.0 Å². The van der Waals surface area contributed by atoms with Gasteiger partial charge < -0.3 is 0 Å². The first-order valence-corrected chi connectivity index (χ1v) is 9.79. The number of hydrogen-bond acceptors (Lipinski definition) is 5. The van der Waals surface area contributed by atoms with Crippen molar-refractivity contribution in [3.8, 4) is 11.3 Å². The number of nitrogens with one attached hydrogen (secondary N) is 1. The molecule has 0 unspecified atom stereocenters. The number of halogens is 2. The number of fused-ring (bicyclic) bond motifs is 1. The molecule has 140 valence electrons. The summed E-state index contributed by atoms with van der Waals surface area (Å²) in [5, 5.41) is 8.88. The van der Waals surface area contributed by atoms with Crippen molar-refractivity contribution < 1.29 is 9.18 Å². The molecule has 0 aliphatic heterocycles. The maximum atomic E-state index is 13.5. The van der Waals surface area contributed by atoms with Crippen molar-refractivity contribution in [1.29, 1.82) is 0 Å². The molecular formula is C19H12BrFN4O2S. The van der Waals surface area contributed by atoms with Gasteiger partial charge >= 0.3 is 0 Å². The van der Waals surface area contributed by atoms with Crippen LogP contribution in [0.2, 0.25) is 0 Å². The minimum absolute atomic E-state index is 0.0948. The Bertz CT molecular complexity index is 1270. The van der Waals surface area contributed by atoms with E-state index < -0.39 is 17.2 Å². The van der Waals surface area contributed by atoms with Crippen molar-refractivity contribution in [3.63, 3.8) is 0 Å². The fourth-order valence-corrected chi connectivity index (χ4v) is 3.72. The zero-order valence-electron chi connectivity index (χ0n) is 14.4. The molecule has 0 atom stereocenters. The highest BCUT2D eigenvalue weighted by Crippen LogP contribution is 2.26. The van der Waals surface area contributed by atoms with Crippen molar-refractivity contribution in [3.05, 3.63) is 74.1 Å². The molecule has 0 fully saturated rings. The van der Waals surface area contributed by atoms with Gasteiger partial charge in [-0.25, -0.2) is 9.37 Å². The van der Waals surface area contributed by atoms with E-state index in [0.717, 1.165) is 16.1 Å². The highest BCUT2D eigenvalue weighted by Gasteiger charge is 2.18. The number of anilines is 1. The quantitative estimate of drug-likeness (QED) is 0.498. The Balaban J connectivity index is 1.65. The summed E-state index contributed by atoms with van der Waals surface area (Å²) in [6, 6.07) is 11.4. The first-order valence-electron chi connectivity index (χ1n) is 8.12. The van der Waals surface area contributed by atoms with E-state index in [4.69, 9.17) is 0 Å². The molecule has 0 bridgehead atoms. The highest BCUT2D eigenvalue weighted by atomic mass is 79.9.